The van der Waals surface area contributed by atoms with E-state index in [2.05, 4.69) is 10.2 Å². The van der Waals surface area contributed by atoms with Gasteiger partial charge in [-0.15, -0.1) is 11.3 Å². The van der Waals surface area contributed by atoms with Crippen LogP contribution < -0.4 is 5.32 Å². The fraction of sp³-hybridized carbons (Fsp3) is 0.450. The number of benzene rings is 1. The summed E-state index contributed by atoms with van der Waals surface area (Å²) in [6.07, 6.45) is 0.872. The number of piperidine rings is 1. The zero-order valence-electron chi connectivity index (χ0n) is 16.8. The molecular weight excluding hydrogens is 449 g/mol. The minimum absolute atomic E-state index is 0.0402. The van der Waals surface area contributed by atoms with E-state index in [1.807, 2.05) is 31.6 Å². The van der Waals surface area contributed by atoms with E-state index in [0.29, 0.717) is 19.4 Å². The lowest BCUT2D eigenvalue weighted by atomic mass is 9.97. The van der Waals surface area contributed by atoms with Gasteiger partial charge in [0.05, 0.1) is 16.0 Å². The molecule has 0 bridgehead atoms. The molecule has 0 unspecified atom stereocenters. The van der Waals surface area contributed by atoms with Crippen molar-refractivity contribution < 1.29 is 17.6 Å². The SMILES string of the molecule is CN(C)[C@H](CNC(=O)C1CCN(S(=O)(=O)c2ccc(F)c(Cl)c2)CC1)c1cccs1. The minimum atomic E-state index is -3.77. The van der Waals surface area contributed by atoms with Crippen LogP contribution in [0.3, 0.4) is 0 Å². The number of nitrogens with one attached hydrogen (secondary N) is 1. The Bertz CT molecular complexity index is 975. The van der Waals surface area contributed by atoms with Gasteiger partial charge in [-0.25, -0.2) is 12.8 Å². The molecule has 2 aromatic rings. The summed E-state index contributed by atoms with van der Waals surface area (Å²) in [5, 5.41) is 4.80. The normalized spacial score (nSPS) is 17.2. The van der Waals surface area contributed by atoms with Crippen LogP contribution in [0.15, 0.2) is 40.6 Å². The molecule has 0 saturated carbocycles. The third-order valence-corrected chi connectivity index (χ3v) is 8.48. The first kappa shape index (κ1) is 23.1. The van der Waals surface area contributed by atoms with Crippen molar-refractivity contribution in [3.05, 3.63) is 51.4 Å². The first-order valence-electron chi connectivity index (χ1n) is 9.63. The number of carbonyl (C=O) groups excluding carboxylic acids is 1. The van der Waals surface area contributed by atoms with E-state index in [1.165, 1.54) is 15.2 Å². The second-order valence-electron chi connectivity index (χ2n) is 7.49. The van der Waals surface area contributed by atoms with Crippen LogP contribution >= 0.6 is 22.9 Å². The molecule has 1 atom stereocenters. The number of hydrogen-bond donors (Lipinski definition) is 1. The highest BCUT2D eigenvalue weighted by molar-refractivity contribution is 7.89. The molecule has 1 saturated heterocycles. The van der Waals surface area contributed by atoms with Crippen LogP contribution in [0.1, 0.15) is 23.8 Å². The summed E-state index contributed by atoms with van der Waals surface area (Å²) < 4.78 is 40.3. The number of rotatable bonds is 7. The van der Waals surface area contributed by atoms with Gasteiger partial charge in [0.25, 0.3) is 0 Å². The fourth-order valence-corrected chi connectivity index (χ4v) is 6.17. The van der Waals surface area contributed by atoms with Gasteiger partial charge in [0, 0.05) is 30.4 Å². The molecule has 1 N–H and O–H groups in total. The van der Waals surface area contributed by atoms with E-state index < -0.39 is 15.8 Å². The molecule has 1 amide bonds. The Morgan fingerprint density at radius 2 is 2.03 bits per heavy atom. The molecule has 1 aliphatic rings. The van der Waals surface area contributed by atoms with Crippen LogP contribution in [0.4, 0.5) is 4.39 Å². The molecule has 2 heterocycles. The van der Waals surface area contributed by atoms with Crippen molar-refractivity contribution in [3.63, 3.8) is 0 Å². The van der Waals surface area contributed by atoms with E-state index in [-0.39, 0.29) is 40.9 Å². The number of carbonyl (C=O) groups is 1. The number of nitrogens with zero attached hydrogens (tertiary/aromatic N) is 2. The maximum atomic E-state index is 13.4. The number of thiophene rings is 1. The van der Waals surface area contributed by atoms with Crippen molar-refractivity contribution in [1.29, 1.82) is 0 Å². The van der Waals surface area contributed by atoms with E-state index in [4.69, 9.17) is 11.6 Å². The zero-order chi connectivity index (χ0) is 21.9. The average molecular weight is 474 g/mol. The first-order chi connectivity index (χ1) is 14.2. The highest BCUT2D eigenvalue weighted by atomic mass is 35.5. The summed E-state index contributed by atoms with van der Waals surface area (Å²) >= 11 is 7.38. The van der Waals surface area contributed by atoms with Crippen molar-refractivity contribution in [2.75, 3.05) is 33.7 Å². The third kappa shape index (κ3) is 5.20. The largest absolute Gasteiger partial charge is 0.354 e. The highest BCUT2D eigenvalue weighted by Gasteiger charge is 2.32. The third-order valence-electron chi connectivity index (χ3n) is 5.32. The van der Waals surface area contributed by atoms with Crippen LogP contribution in [0.2, 0.25) is 5.02 Å². The Kier molecular flexibility index (Phi) is 7.52. The minimum Gasteiger partial charge on any atom is -0.354 e. The van der Waals surface area contributed by atoms with Crippen LogP contribution in [-0.2, 0) is 14.8 Å². The average Bonchev–Trinajstić information content (AvgIpc) is 3.24. The first-order valence-corrected chi connectivity index (χ1v) is 12.3. The molecule has 1 aromatic heterocycles. The van der Waals surface area contributed by atoms with Gasteiger partial charge in [0.1, 0.15) is 5.82 Å². The molecule has 0 radical (unpaired) electrons. The van der Waals surface area contributed by atoms with Gasteiger partial charge in [-0.05, 0) is 56.6 Å². The topological polar surface area (TPSA) is 69.7 Å². The molecular formula is C20H25ClFN3O3S2. The second kappa shape index (κ2) is 9.74. The van der Waals surface area contributed by atoms with Crippen LogP contribution in [-0.4, -0.2) is 57.3 Å². The molecule has 164 valence electrons. The van der Waals surface area contributed by atoms with E-state index in [9.17, 15) is 17.6 Å². The molecule has 30 heavy (non-hydrogen) atoms. The highest BCUT2D eigenvalue weighted by Crippen LogP contribution is 2.27. The number of amides is 1. The van der Waals surface area contributed by atoms with Gasteiger partial charge in [0.15, 0.2) is 0 Å². The Labute approximate surface area is 185 Å². The lowest BCUT2D eigenvalue weighted by molar-refractivity contribution is -0.126. The number of halogens is 2. The summed E-state index contributed by atoms with van der Waals surface area (Å²) in [5.41, 5.74) is 0. The Hall–Kier alpha value is -1.52. The van der Waals surface area contributed by atoms with Crippen LogP contribution in [0.25, 0.3) is 0 Å². The second-order valence-corrected chi connectivity index (χ2v) is 10.8. The van der Waals surface area contributed by atoms with Gasteiger partial charge >= 0.3 is 0 Å². The zero-order valence-corrected chi connectivity index (χ0v) is 19.2. The number of hydrogen-bond acceptors (Lipinski definition) is 5. The van der Waals surface area contributed by atoms with Gasteiger partial charge in [0.2, 0.25) is 15.9 Å². The van der Waals surface area contributed by atoms with Gasteiger partial charge in [-0.3, -0.25) is 4.79 Å². The Balaban J connectivity index is 1.57. The number of likely N-dealkylation sites (N-methyl/N-ethyl adjacent to an activating group) is 1. The molecule has 1 aliphatic heterocycles. The quantitative estimate of drug-likeness (QED) is 0.669. The summed E-state index contributed by atoms with van der Waals surface area (Å²) in [4.78, 5) is 15.9. The van der Waals surface area contributed by atoms with E-state index in [0.717, 1.165) is 12.1 Å². The predicted octanol–water partition coefficient (Wildman–Crippen LogP) is 3.36. The van der Waals surface area contributed by atoms with Gasteiger partial charge in [-0.2, -0.15) is 4.31 Å². The Morgan fingerprint density at radius 1 is 1.33 bits per heavy atom. The molecule has 0 spiro atoms. The maximum Gasteiger partial charge on any atom is 0.243 e. The van der Waals surface area contributed by atoms with Gasteiger partial charge in [-0.1, -0.05) is 17.7 Å². The smallest absolute Gasteiger partial charge is 0.243 e. The molecule has 0 aliphatic carbocycles. The predicted molar refractivity (Wildman–Crippen MR) is 117 cm³/mol. The molecule has 1 fully saturated rings. The van der Waals surface area contributed by atoms with Crippen molar-refractivity contribution >= 4 is 38.9 Å². The summed E-state index contributed by atoms with van der Waals surface area (Å²) in [5.74, 6) is -0.954. The van der Waals surface area contributed by atoms with Crippen molar-refractivity contribution in [2.45, 2.75) is 23.8 Å². The molecule has 6 nitrogen and oxygen atoms in total. The van der Waals surface area contributed by atoms with Crippen molar-refractivity contribution in [1.82, 2.24) is 14.5 Å². The monoisotopic (exact) mass is 473 g/mol. The van der Waals surface area contributed by atoms with Gasteiger partial charge < -0.3 is 10.2 Å². The van der Waals surface area contributed by atoms with E-state index in [1.54, 1.807) is 11.3 Å². The lowest BCUT2D eigenvalue weighted by Crippen LogP contribution is -2.44. The molecule has 1 aromatic carbocycles. The Morgan fingerprint density at radius 3 is 2.60 bits per heavy atom. The van der Waals surface area contributed by atoms with E-state index >= 15 is 0 Å². The molecule has 10 heteroatoms. The summed E-state index contributed by atoms with van der Waals surface area (Å²) in [6, 6.07) is 7.51. The van der Waals surface area contributed by atoms with Crippen molar-refractivity contribution in [2.24, 2.45) is 5.92 Å². The fourth-order valence-electron chi connectivity index (χ4n) is 3.50. The van der Waals surface area contributed by atoms with Crippen molar-refractivity contribution in [3.8, 4) is 0 Å². The molecule has 3 rings (SSSR count). The van der Waals surface area contributed by atoms with Crippen LogP contribution in [0, 0.1) is 11.7 Å². The summed E-state index contributed by atoms with van der Waals surface area (Å²) in [6.45, 7) is 0.966. The number of sulfonamides is 1. The maximum absolute atomic E-state index is 13.4. The lowest BCUT2D eigenvalue weighted by Gasteiger charge is -2.31. The standard InChI is InChI=1S/C20H25ClFN3O3S2/c1-24(2)18(19-4-3-11-29-19)13-23-20(26)14-7-9-25(10-8-14)30(27,28)15-5-6-17(22)16(21)12-15/h3-6,11-12,14,18H,7-10,13H2,1-2H3,(H,23,26)/t18-/m1/s1. The van der Waals surface area contributed by atoms with Crippen LogP contribution in [0.5, 0.6) is 0 Å². The summed E-state index contributed by atoms with van der Waals surface area (Å²) in [7, 11) is 0.176.